The van der Waals surface area contributed by atoms with Crippen molar-refractivity contribution in [1.82, 2.24) is 14.7 Å². The van der Waals surface area contributed by atoms with E-state index in [1.165, 1.54) is 11.3 Å². The monoisotopic (exact) mass is 239 g/mol. The van der Waals surface area contributed by atoms with Gasteiger partial charge in [-0.25, -0.2) is 4.98 Å². The first-order valence-corrected chi connectivity index (χ1v) is 5.80. The third-order valence-electron chi connectivity index (χ3n) is 2.21. The molecule has 1 amide bonds. The lowest BCUT2D eigenvalue weighted by atomic mass is 10.4. The molecule has 2 aromatic rings. The molecule has 2 aromatic heterocycles. The Morgan fingerprint density at radius 1 is 1.69 bits per heavy atom. The predicted molar refractivity (Wildman–Crippen MR) is 62.0 cm³/mol. The molecule has 0 saturated heterocycles. The van der Waals surface area contributed by atoms with Crippen LogP contribution in [-0.2, 0) is 4.74 Å². The van der Waals surface area contributed by atoms with Crippen molar-refractivity contribution < 1.29 is 9.53 Å². The minimum absolute atomic E-state index is 0.160. The summed E-state index contributed by atoms with van der Waals surface area (Å²) >= 11 is 1.53. The summed E-state index contributed by atoms with van der Waals surface area (Å²) in [6.45, 7) is 2.99. The van der Waals surface area contributed by atoms with Crippen LogP contribution in [0.2, 0.25) is 0 Å². The second-order valence-corrected chi connectivity index (χ2v) is 4.24. The number of aromatic nitrogens is 2. The molecule has 0 aliphatic carbocycles. The molecule has 2 rings (SSSR count). The zero-order valence-electron chi connectivity index (χ0n) is 9.19. The summed E-state index contributed by atoms with van der Waals surface area (Å²) in [5.41, 5.74) is 1.54. The lowest BCUT2D eigenvalue weighted by Gasteiger charge is -2.00. The van der Waals surface area contributed by atoms with Crippen molar-refractivity contribution in [2.75, 3.05) is 20.3 Å². The van der Waals surface area contributed by atoms with Crippen LogP contribution in [0.1, 0.15) is 16.2 Å². The van der Waals surface area contributed by atoms with Gasteiger partial charge in [-0.05, 0) is 6.92 Å². The van der Waals surface area contributed by atoms with Gasteiger partial charge in [-0.1, -0.05) is 0 Å². The Morgan fingerprint density at radius 3 is 3.19 bits per heavy atom. The Hall–Kier alpha value is -1.40. The van der Waals surface area contributed by atoms with Gasteiger partial charge in [0, 0.05) is 30.9 Å². The zero-order valence-corrected chi connectivity index (χ0v) is 10.0. The fourth-order valence-electron chi connectivity index (χ4n) is 1.36. The molecule has 0 radical (unpaired) electrons. The quantitative estimate of drug-likeness (QED) is 0.812. The number of thiazole rings is 1. The van der Waals surface area contributed by atoms with Gasteiger partial charge in [0.2, 0.25) is 0 Å². The van der Waals surface area contributed by atoms with Crippen LogP contribution < -0.4 is 5.32 Å². The molecule has 0 aromatic carbocycles. The van der Waals surface area contributed by atoms with Gasteiger partial charge < -0.3 is 10.1 Å². The summed E-state index contributed by atoms with van der Waals surface area (Å²) in [5.74, 6) is -0.160. The maximum absolute atomic E-state index is 11.7. The molecular weight excluding hydrogens is 226 g/mol. The largest absolute Gasteiger partial charge is 0.383 e. The first-order valence-electron chi connectivity index (χ1n) is 4.92. The number of fused-ring (bicyclic) bond motifs is 1. The standard InChI is InChI=1S/C10H13N3O2S/c1-7-6-16-10-12-8(5-13(7)10)9(14)11-3-4-15-2/h5-6H,3-4H2,1-2H3,(H,11,14). The number of carbonyl (C=O) groups excluding carboxylic acids is 1. The number of imidazole rings is 1. The third-order valence-corrected chi connectivity index (χ3v) is 3.17. The Balaban J connectivity index is 2.11. The molecule has 0 aliphatic rings. The summed E-state index contributed by atoms with van der Waals surface area (Å²) in [7, 11) is 1.60. The van der Waals surface area contributed by atoms with Crippen LogP contribution in [-0.4, -0.2) is 35.6 Å². The van der Waals surface area contributed by atoms with Gasteiger partial charge in [0.25, 0.3) is 5.91 Å². The van der Waals surface area contributed by atoms with Crippen LogP contribution in [0, 0.1) is 6.92 Å². The molecule has 0 aliphatic heterocycles. The van der Waals surface area contributed by atoms with Crippen LogP contribution >= 0.6 is 11.3 Å². The first kappa shape index (κ1) is 11.1. The van der Waals surface area contributed by atoms with Crippen molar-refractivity contribution >= 4 is 22.2 Å². The normalized spacial score (nSPS) is 10.9. The van der Waals surface area contributed by atoms with Gasteiger partial charge in [0.05, 0.1) is 6.61 Å². The number of aryl methyl sites for hydroxylation is 1. The number of nitrogens with zero attached hydrogens (tertiary/aromatic N) is 2. The number of rotatable bonds is 4. The van der Waals surface area contributed by atoms with E-state index < -0.39 is 0 Å². The molecular formula is C10H13N3O2S. The fraction of sp³-hybridized carbons (Fsp3) is 0.400. The minimum Gasteiger partial charge on any atom is -0.383 e. The molecule has 2 heterocycles. The van der Waals surface area contributed by atoms with Crippen molar-refractivity contribution in [3.8, 4) is 0 Å². The van der Waals surface area contributed by atoms with E-state index in [0.717, 1.165) is 10.7 Å². The van der Waals surface area contributed by atoms with Crippen molar-refractivity contribution in [1.29, 1.82) is 0 Å². The fourth-order valence-corrected chi connectivity index (χ4v) is 2.21. The molecule has 0 saturated carbocycles. The molecule has 1 N–H and O–H groups in total. The maximum Gasteiger partial charge on any atom is 0.271 e. The second-order valence-electron chi connectivity index (χ2n) is 3.40. The van der Waals surface area contributed by atoms with Crippen LogP contribution in [0.5, 0.6) is 0 Å². The van der Waals surface area contributed by atoms with Crippen LogP contribution in [0.25, 0.3) is 4.96 Å². The number of hydrogen-bond donors (Lipinski definition) is 1. The molecule has 16 heavy (non-hydrogen) atoms. The van der Waals surface area contributed by atoms with E-state index in [-0.39, 0.29) is 5.91 Å². The average molecular weight is 239 g/mol. The predicted octanol–water partition coefficient (Wildman–Crippen LogP) is 1.08. The second kappa shape index (κ2) is 4.63. The number of amides is 1. The summed E-state index contributed by atoms with van der Waals surface area (Å²) in [5, 5.41) is 4.74. The van der Waals surface area contributed by atoms with E-state index in [4.69, 9.17) is 4.74 Å². The Morgan fingerprint density at radius 2 is 2.50 bits per heavy atom. The molecule has 0 spiro atoms. The molecule has 0 unspecified atom stereocenters. The highest BCUT2D eigenvalue weighted by Gasteiger charge is 2.11. The number of hydrogen-bond acceptors (Lipinski definition) is 4. The van der Waals surface area contributed by atoms with Gasteiger partial charge in [0.15, 0.2) is 4.96 Å². The Bertz CT molecular complexity index is 503. The van der Waals surface area contributed by atoms with Crippen molar-refractivity contribution in [2.45, 2.75) is 6.92 Å². The molecule has 5 nitrogen and oxygen atoms in total. The summed E-state index contributed by atoms with van der Waals surface area (Å²) < 4.78 is 6.77. The van der Waals surface area contributed by atoms with Crippen LogP contribution in [0.15, 0.2) is 11.6 Å². The van der Waals surface area contributed by atoms with E-state index in [1.54, 1.807) is 13.3 Å². The lowest BCUT2D eigenvalue weighted by molar-refractivity contribution is 0.0933. The van der Waals surface area contributed by atoms with Crippen molar-refractivity contribution in [3.63, 3.8) is 0 Å². The van der Waals surface area contributed by atoms with Gasteiger partial charge >= 0.3 is 0 Å². The molecule has 86 valence electrons. The minimum atomic E-state index is -0.160. The van der Waals surface area contributed by atoms with Crippen molar-refractivity contribution in [3.05, 3.63) is 23.0 Å². The van der Waals surface area contributed by atoms with Crippen LogP contribution in [0.3, 0.4) is 0 Å². The molecule has 0 fully saturated rings. The third kappa shape index (κ3) is 2.07. The summed E-state index contributed by atoms with van der Waals surface area (Å²) in [6, 6.07) is 0. The number of ether oxygens (including phenoxy) is 1. The van der Waals surface area contributed by atoms with E-state index in [2.05, 4.69) is 10.3 Å². The highest BCUT2D eigenvalue weighted by molar-refractivity contribution is 7.15. The summed E-state index contributed by atoms with van der Waals surface area (Å²) in [6.07, 6.45) is 1.75. The van der Waals surface area contributed by atoms with Gasteiger partial charge in [-0.2, -0.15) is 0 Å². The van der Waals surface area contributed by atoms with E-state index in [9.17, 15) is 4.79 Å². The van der Waals surface area contributed by atoms with Crippen molar-refractivity contribution in [2.24, 2.45) is 0 Å². The average Bonchev–Trinajstić information content (AvgIpc) is 2.82. The van der Waals surface area contributed by atoms with E-state index in [0.29, 0.717) is 18.8 Å². The first-order chi connectivity index (χ1) is 7.72. The smallest absolute Gasteiger partial charge is 0.271 e. The highest BCUT2D eigenvalue weighted by atomic mass is 32.1. The SMILES string of the molecule is COCCNC(=O)c1cn2c(C)csc2n1. The summed E-state index contributed by atoms with van der Waals surface area (Å²) in [4.78, 5) is 16.7. The Labute approximate surface area is 97.1 Å². The highest BCUT2D eigenvalue weighted by Crippen LogP contribution is 2.15. The lowest BCUT2D eigenvalue weighted by Crippen LogP contribution is -2.27. The Kier molecular flexibility index (Phi) is 3.21. The number of nitrogens with one attached hydrogen (secondary N) is 1. The molecule has 0 bridgehead atoms. The van der Waals surface area contributed by atoms with E-state index >= 15 is 0 Å². The van der Waals surface area contributed by atoms with Gasteiger partial charge in [-0.3, -0.25) is 9.20 Å². The maximum atomic E-state index is 11.7. The van der Waals surface area contributed by atoms with Gasteiger partial charge in [-0.15, -0.1) is 11.3 Å². The molecule has 0 atom stereocenters. The van der Waals surface area contributed by atoms with Crippen LogP contribution in [0.4, 0.5) is 0 Å². The number of carbonyl (C=O) groups is 1. The topological polar surface area (TPSA) is 55.6 Å². The number of methoxy groups -OCH3 is 1. The van der Waals surface area contributed by atoms with E-state index in [1.807, 2.05) is 16.7 Å². The molecule has 6 heteroatoms. The zero-order chi connectivity index (χ0) is 11.5. The van der Waals surface area contributed by atoms with Gasteiger partial charge in [0.1, 0.15) is 5.69 Å².